The molecule has 1 aromatic carbocycles. The molecule has 0 aliphatic carbocycles. The number of carbonyl (C=O) groups is 1. The van der Waals surface area contributed by atoms with Crippen molar-refractivity contribution in [2.24, 2.45) is 5.73 Å². The molecule has 32 heavy (non-hydrogen) atoms. The quantitative estimate of drug-likeness (QED) is 0.532. The summed E-state index contributed by atoms with van der Waals surface area (Å²) in [5.41, 5.74) is 4.38. The van der Waals surface area contributed by atoms with E-state index in [4.69, 9.17) is 15.0 Å². The number of nitrogens with zero attached hydrogens (tertiary/aromatic N) is 3. The third-order valence-electron chi connectivity index (χ3n) is 5.25. The van der Waals surface area contributed by atoms with Gasteiger partial charge in [0.25, 0.3) is 5.91 Å². The van der Waals surface area contributed by atoms with Crippen LogP contribution in [-0.4, -0.2) is 42.5 Å². The van der Waals surface area contributed by atoms with Crippen LogP contribution in [0, 0.1) is 18.8 Å². The lowest BCUT2D eigenvalue weighted by atomic mass is 10.0. The minimum Gasteiger partial charge on any atom is -0.485 e. The summed E-state index contributed by atoms with van der Waals surface area (Å²) in [5.74, 6) is 6.64. The molecular weight excluding hydrogens is 412 g/mol. The van der Waals surface area contributed by atoms with Crippen molar-refractivity contribution < 1.29 is 24.3 Å². The molecule has 4 N–H and O–H groups in total. The largest absolute Gasteiger partial charge is 0.485 e. The zero-order chi connectivity index (χ0) is 23.3. The Kier molecular flexibility index (Phi) is 5.07. The number of benzene rings is 1. The maximum atomic E-state index is 11.7. The average Bonchev–Trinajstić information content (AvgIpc) is 3.29. The molecule has 4 rings (SSSR count). The van der Waals surface area contributed by atoms with Gasteiger partial charge in [0.05, 0.1) is 17.7 Å². The summed E-state index contributed by atoms with van der Waals surface area (Å²) >= 11 is 0. The Labute approximate surface area is 184 Å². The number of primary amides is 1. The molecule has 1 amide bonds. The smallest absolute Gasteiger partial charge is 0.268 e. The zero-order valence-electron chi connectivity index (χ0n) is 18.2. The van der Waals surface area contributed by atoms with Gasteiger partial charge in [-0.15, -0.1) is 0 Å². The van der Waals surface area contributed by atoms with Crippen molar-refractivity contribution in [2.45, 2.75) is 51.5 Å². The van der Waals surface area contributed by atoms with Crippen LogP contribution in [0.15, 0.2) is 35.0 Å². The first kappa shape index (κ1) is 21.6. The normalized spacial score (nSPS) is 17.1. The molecule has 2 atom stereocenters. The van der Waals surface area contributed by atoms with E-state index in [9.17, 15) is 15.0 Å². The predicted molar refractivity (Wildman–Crippen MR) is 115 cm³/mol. The predicted octanol–water partition coefficient (Wildman–Crippen LogP) is 1.74. The van der Waals surface area contributed by atoms with Crippen molar-refractivity contribution in [3.05, 3.63) is 53.2 Å². The molecule has 3 aromatic rings. The SMILES string of the molecule is Cc1cc([C@](C)(O)C#Cc2ccc3c(c2)-c2nc(C(N)=O)cn2C[C@H](C(C)(C)O)O3)no1. The summed E-state index contributed by atoms with van der Waals surface area (Å²) in [6.07, 6.45) is 0.954. The van der Waals surface area contributed by atoms with Gasteiger partial charge < -0.3 is 29.8 Å². The molecular formula is C23H24N4O5. The highest BCUT2D eigenvalue weighted by atomic mass is 16.5. The molecule has 9 nitrogen and oxygen atoms in total. The van der Waals surface area contributed by atoms with Crippen LogP contribution < -0.4 is 10.5 Å². The van der Waals surface area contributed by atoms with Gasteiger partial charge in [-0.1, -0.05) is 17.0 Å². The second-order valence-electron chi connectivity index (χ2n) is 8.58. The number of fused-ring (bicyclic) bond motifs is 3. The Bertz CT molecular complexity index is 1250. The highest BCUT2D eigenvalue weighted by molar-refractivity contribution is 5.91. The van der Waals surface area contributed by atoms with Crippen molar-refractivity contribution in [1.82, 2.24) is 14.7 Å². The van der Waals surface area contributed by atoms with Crippen LogP contribution in [0.3, 0.4) is 0 Å². The Morgan fingerprint density at radius 3 is 2.66 bits per heavy atom. The number of nitrogens with two attached hydrogens (primary N) is 1. The Balaban J connectivity index is 1.78. The van der Waals surface area contributed by atoms with E-state index >= 15 is 0 Å². The van der Waals surface area contributed by atoms with Gasteiger partial charge in [0.1, 0.15) is 34.8 Å². The van der Waals surface area contributed by atoms with Crippen LogP contribution >= 0.6 is 0 Å². The van der Waals surface area contributed by atoms with E-state index in [0.717, 1.165) is 0 Å². The lowest BCUT2D eigenvalue weighted by molar-refractivity contribution is -0.0394. The third kappa shape index (κ3) is 4.10. The van der Waals surface area contributed by atoms with Crippen LogP contribution in [0.2, 0.25) is 0 Å². The lowest BCUT2D eigenvalue weighted by Crippen LogP contribution is -2.42. The molecule has 1 aliphatic heterocycles. The first-order chi connectivity index (χ1) is 14.9. The maximum absolute atomic E-state index is 11.7. The fourth-order valence-corrected chi connectivity index (χ4v) is 3.36. The van der Waals surface area contributed by atoms with E-state index in [1.54, 1.807) is 55.8 Å². The standard InChI is InChI=1S/C23H24N4O5/c1-13-9-18(26-32-13)23(4,30)8-7-14-5-6-17-15(10-14)21-25-16(20(24)28)11-27(21)12-19(31-17)22(2,3)29/h5-6,9-11,19,29-30H,12H2,1-4H3,(H2,24,28)/t19-,23-/m1/s1. The fourth-order valence-electron chi connectivity index (χ4n) is 3.36. The molecule has 3 heterocycles. The van der Waals surface area contributed by atoms with E-state index in [2.05, 4.69) is 22.0 Å². The van der Waals surface area contributed by atoms with Gasteiger partial charge in [-0.2, -0.15) is 0 Å². The summed E-state index contributed by atoms with van der Waals surface area (Å²) < 4.78 is 12.9. The molecule has 2 aromatic heterocycles. The Morgan fingerprint density at radius 2 is 2.03 bits per heavy atom. The van der Waals surface area contributed by atoms with Gasteiger partial charge >= 0.3 is 0 Å². The van der Waals surface area contributed by atoms with E-state index in [0.29, 0.717) is 34.2 Å². The number of carbonyl (C=O) groups excluding carboxylic acids is 1. The molecule has 0 saturated carbocycles. The molecule has 166 valence electrons. The van der Waals surface area contributed by atoms with Gasteiger partial charge in [0, 0.05) is 17.8 Å². The molecule has 0 fully saturated rings. The zero-order valence-corrected chi connectivity index (χ0v) is 18.2. The monoisotopic (exact) mass is 436 g/mol. The molecule has 0 radical (unpaired) electrons. The molecule has 0 bridgehead atoms. The highest BCUT2D eigenvalue weighted by Crippen LogP contribution is 2.36. The first-order valence-corrected chi connectivity index (χ1v) is 10.0. The van der Waals surface area contributed by atoms with Crippen molar-refractivity contribution in [3.63, 3.8) is 0 Å². The minimum absolute atomic E-state index is 0.114. The number of hydrogen-bond donors (Lipinski definition) is 3. The van der Waals surface area contributed by atoms with E-state index in [1.165, 1.54) is 6.92 Å². The van der Waals surface area contributed by atoms with Crippen LogP contribution in [0.1, 0.15) is 48.3 Å². The first-order valence-electron chi connectivity index (χ1n) is 10.0. The van der Waals surface area contributed by atoms with Gasteiger partial charge in [-0.25, -0.2) is 4.98 Å². The van der Waals surface area contributed by atoms with Crippen LogP contribution in [0.25, 0.3) is 11.4 Å². The number of aliphatic hydroxyl groups is 2. The van der Waals surface area contributed by atoms with Crippen molar-refractivity contribution >= 4 is 5.91 Å². The topological polar surface area (TPSA) is 137 Å². The second kappa shape index (κ2) is 7.51. The lowest BCUT2D eigenvalue weighted by Gasteiger charge is -2.29. The van der Waals surface area contributed by atoms with Crippen LogP contribution in [-0.2, 0) is 12.1 Å². The van der Waals surface area contributed by atoms with Crippen LogP contribution in [0.4, 0.5) is 0 Å². The number of aromatic nitrogens is 3. The van der Waals surface area contributed by atoms with Gasteiger partial charge in [-0.3, -0.25) is 4.79 Å². The summed E-state index contributed by atoms with van der Waals surface area (Å²) in [7, 11) is 0. The van der Waals surface area contributed by atoms with Crippen molar-refractivity contribution in [2.75, 3.05) is 0 Å². The second-order valence-corrected chi connectivity index (χ2v) is 8.58. The van der Waals surface area contributed by atoms with E-state index < -0.39 is 23.2 Å². The number of ether oxygens (including phenoxy) is 1. The molecule has 0 unspecified atom stereocenters. The van der Waals surface area contributed by atoms with Crippen LogP contribution in [0.5, 0.6) is 5.75 Å². The number of amides is 1. The molecule has 1 aliphatic rings. The summed E-state index contributed by atoms with van der Waals surface area (Å²) in [6.45, 7) is 6.85. The van der Waals surface area contributed by atoms with Crippen molar-refractivity contribution in [3.8, 4) is 29.0 Å². The van der Waals surface area contributed by atoms with Crippen molar-refractivity contribution in [1.29, 1.82) is 0 Å². The van der Waals surface area contributed by atoms with Gasteiger partial charge in [0.15, 0.2) is 5.60 Å². The third-order valence-corrected chi connectivity index (χ3v) is 5.25. The number of aryl methyl sites for hydroxylation is 1. The van der Waals surface area contributed by atoms with Gasteiger partial charge in [-0.05, 0) is 45.9 Å². The Morgan fingerprint density at radius 1 is 1.28 bits per heavy atom. The number of imidazole rings is 1. The summed E-state index contributed by atoms with van der Waals surface area (Å²) in [4.78, 5) is 16.1. The maximum Gasteiger partial charge on any atom is 0.268 e. The fraction of sp³-hybridized carbons (Fsp3) is 0.348. The molecule has 0 spiro atoms. The number of hydrogen-bond acceptors (Lipinski definition) is 7. The molecule has 0 saturated heterocycles. The summed E-state index contributed by atoms with van der Waals surface area (Å²) in [6, 6.07) is 6.84. The van der Waals surface area contributed by atoms with E-state index in [1.807, 2.05) is 0 Å². The minimum atomic E-state index is -1.51. The van der Waals surface area contributed by atoms with Gasteiger partial charge in [0.2, 0.25) is 0 Å². The number of rotatable bonds is 3. The Hall–Kier alpha value is -3.61. The highest BCUT2D eigenvalue weighted by Gasteiger charge is 2.34. The molecule has 9 heteroatoms. The van der Waals surface area contributed by atoms with E-state index in [-0.39, 0.29) is 12.2 Å². The summed E-state index contributed by atoms with van der Waals surface area (Å²) in [5, 5.41) is 25.1. The average molecular weight is 436 g/mol.